The molecule has 11 heteroatoms. The minimum absolute atomic E-state index is 0.268. The van der Waals surface area contributed by atoms with E-state index in [9.17, 15) is 17.2 Å². The van der Waals surface area contributed by atoms with E-state index in [0.29, 0.717) is 17.6 Å². The molecule has 3 heterocycles. The average Bonchev–Trinajstić information content (AvgIpc) is 2.81. The van der Waals surface area contributed by atoms with Gasteiger partial charge in [-0.1, -0.05) is 11.6 Å². The molecule has 0 spiro atoms. The van der Waals surface area contributed by atoms with Gasteiger partial charge < -0.3 is 0 Å². The van der Waals surface area contributed by atoms with Crippen molar-refractivity contribution in [3.05, 3.63) is 47.0 Å². The summed E-state index contributed by atoms with van der Waals surface area (Å²) < 4.78 is 55.5. The van der Waals surface area contributed by atoms with Crippen molar-refractivity contribution in [3.63, 3.8) is 0 Å². The molecule has 0 saturated heterocycles. The SMILES string of the molecule is Cc1nn2cc(S(=O)(=O)Nc3ncccc3C(C)(F)F)cnc2c1Cl. The van der Waals surface area contributed by atoms with Crippen LogP contribution in [0.4, 0.5) is 14.6 Å². The topological polar surface area (TPSA) is 89.3 Å². The molecule has 1 N–H and O–H groups in total. The number of anilines is 1. The molecule has 0 aromatic carbocycles. The van der Waals surface area contributed by atoms with Crippen molar-refractivity contribution >= 4 is 33.1 Å². The molecule has 132 valence electrons. The molecule has 0 aliphatic rings. The van der Waals surface area contributed by atoms with Gasteiger partial charge in [0, 0.05) is 13.1 Å². The molecule has 0 fully saturated rings. The lowest BCUT2D eigenvalue weighted by atomic mass is 10.1. The van der Waals surface area contributed by atoms with E-state index in [1.807, 2.05) is 0 Å². The fraction of sp³-hybridized carbons (Fsp3) is 0.214. The number of pyridine rings is 1. The summed E-state index contributed by atoms with van der Waals surface area (Å²) in [6.07, 6.45) is 3.47. The monoisotopic (exact) mass is 387 g/mol. The van der Waals surface area contributed by atoms with Crippen LogP contribution in [0.15, 0.2) is 35.6 Å². The maximum Gasteiger partial charge on any atom is 0.274 e. The first-order valence-electron chi connectivity index (χ1n) is 6.96. The number of alkyl halides is 2. The Labute approximate surface area is 146 Å². The number of hydrogen-bond donors (Lipinski definition) is 1. The van der Waals surface area contributed by atoms with E-state index in [2.05, 4.69) is 19.8 Å². The largest absolute Gasteiger partial charge is 0.274 e. The predicted octanol–water partition coefficient (Wildman–Crippen LogP) is 3.00. The van der Waals surface area contributed by atoms with E-state index in [1.54, 1.807) is 6.92 Å². The van der Waals surface area contributed by atoms with Crippen molar-refractivity contribution in [2.75, 3.05) is 4.72 Å². The summed E-state index contributed by atoms with van der Waals surface area (Å²) in [5.74, 6) is -3.72. The molecule has 0 atom stereocenters. The van der Waals surface area contributed by atoms with Crippen LogP contribution < -0.4 is 4.72 Å². The third-order valence-electron chi connectivity index (χ3n) is 3.37. The van der Waals surface area contributed by atoms with Crippen LogP contribution in [-0.2, 0) is 15.9 Å². The minimum atomic E-state index is -4.20. The number of sulfonamides is 1. The van der Waals surface area contributed by atoms with Crippen LogP contribution in [0.2, 0.25) is 5.02 Å². The lowest BCUT2D eigenvalue weighted by Crippen LogP contribution is -2.19. The molecule has 3 aromatic heterocycles. The number of fused-ring (bicyclic) bond motifs is 1. The van der Waals surface area contributed by atoms with Gasteiger partial charge >= 0.3 is 0 Å². The first kappa shape index (κ1) is 17.5. The van der Waals surface area contributed by atoms with Crippen molar-refractivity contribution in [3.8, 4) is 0 Å². The Morgan fingerprint density at radius 3 is 2.72 bits per heavy atom. The van der Waals surface area contributed by atoms with Crippen molar-refractivity contribution in [1.82, 2.24) is 19.6 Å². The van der Waals surface area contributed by atoms with E-state index in [1.165, 1.54) is 23.0 Å². The highest BCUT2D eigenvalue weighted by Crippen LogP contribution is 2.32. The fourth-order valence-corrected chi connectivity index (χ4v) is 3.30. The molecule has 0 aliphatic heterocycles. The van der Waals surface area contributed by atoms with E-state index in [-0.39, 0.29) is 10.5 Å². The lowest BCUT2D eigenvalue weighted by Gasteiger charge is -2.15. The maximum atomic E-state index is 13.6. The highest BCUT2D eigenvalue weighted by atomic mass is 35.5. The molecule has 3 rings (SSSR count). The molecular weight excluding hydrogens is 376 g/mol. The molecule has 25 heavy (non-hydrogen) atoms. The normalized spacial score (nSPS) is 12.5. The lowest BCUT2D eigenvalue weighted by molar-refractivity contribution is 0.0180. The summed E-state index contributed by atoms with van der Waals surface area (Å²) in [6.45, 7) is 2.30. The maximum absolute atomic E-state index is 13.6. The van der Waals surface area contributed by atoms with E-state index >= 15 is 0 Å². The Morgan fingerprint density at radius 2 is 2.04 bits per heavy atom. The second kappa shape index (κ2) is 5.88. The van der Waals surface area contributed by atoms with Gasteiger partial charge in [0.1, 0.15) is 15.7 Å². The quantitative estimate of drug-likeness (QED) is 0.743. The zero-order valence-electron chi connectivity index (χ0n) is 13.0. The summed E-state index contributed by atoms with van der Waals surface area (Å²) in [5, 5.41) is 4.35. The molecule has 0 amide bonds. The number of aromatic nitrogens is 4. The Morgan fingerprint density at radius 1 is 1.32 bits per heavy atom. The van der Waals surface area contributed by atoms with Gasteiger partial charge in [0.15, 0.2) is 5.65 Å². The number of halogens is 3. The van der Waals surface area contributed by atoms with Crippen molar-refractivity contribution in [2.24, 2.45) is 0 Å². The Kier molecular flexibility index (Phi) is 4.12. The van der Waals surface area contributed by atoms with Gasteiger partial charge in [0.05, 0.1) is 23.7 Å². The van der Waals surface area contributed by atoms with Gasteiger partial charge in [0.2, 0.25) is 0 Å². The first-order chi connectivity index (χ1) is 11.6. The van der Waals surface area contributed by atoms with E-state index in [0.717, 1.165) is 12.3 Å². The van der Waals surface area contributed by atoms with Crippen LogP contribution in [0.5, 0.6) is 0 Å². The van der Waals surface area contributed by atoms with Gasteiger partial charge in [-0.3, -0.25) is 4.72 Å². The molecule has 3 aromatic rings. The van der Waals surface area contributed by atoms with Crippen LogP contribution >= 0.6 is 11.6 Å². The summed E-state index contributed by atoms with van der Waals surface area (Å²) in [7, 11) is -4.20. The highest BCUT2D eigenvalue weighted by Gasteiger charge is 2.30. The zero-order chi connectivity index (χ0) is 18.4. The van der Waals surface area contributed by atoms with Crippen LogP contribution in [-0.4, -0.2) is 28.0 Å². The van der Waals surface area contributed by atoms with Gasteiger partial charge in [0.25, 0.3) is 15.9 Å². The minimum Gasteiger partial charge on any atom is -0.263 e. The van der Waals surface area contributed by atoms with E-state index < -0.39 is 27.3 Å². The van der Waals surface area contributed by atoms with Crippen LogP contribution in [0.25, 0.3) is 5.65 Å². The Hall–Kier alpha value is -2.33. The molecule has 0 saturated carbocycles. The Balaban J connectivity index is 2.04. The second-order valence-corrected chi connectivity index (χ2v) is 7.41. The van der Waals surface area contributed by atoms with Crippen molar-refractivity contribution in [2.45, 2.75) is 24.7 Å². The smallest absolute Gasteiger partial charge is 0.263 e. The second-order valence-electron chi connectivity index (χ2n) is 5.35. The molecule has 0 bridgehead atoms. The van der Waals surface area contributed by atoms with Crippen molar-refractivity contribution < 1.29 is 17.2 Å². The molecule has 0 aliphatic carbocycles. The third-order valence-corrected chi connectivity index (χ3v) is 5.11. The first-order valence-corrected chi connectivity index (χ1v) is 8.82. The number of rotatable bonds is 4. The van der Waals surface area contributed by atoms with Crippen molar-refractivity contribution in [1.29, 1.82) is 0 Å². The summed E-state index contributed by atoms with van der Waals surface area (Å²) in [4.78, 5) is 7.40. The van der Waals surface area contributed by atoms with Crippen LogP contribution in [0.3, 0.4) is 0 Å². The summed E-state index contributed by atoms with van der Waals surface area (Å²) in [6, 6.07) is 2.40. The van der Waals surface area contributed by atoms with Gasteiger partial charge in [-0.15, -0.1) is 0 Å². The van der Waals surface area contributed by atoms with Crippen LogP contribution in [0.1, 0.15) is 18.2 Å². The van der Waals surface area contributed by atoms with Gasteiger partial charge in [-0.2, -0.15) is 5.10 Å². The average molecular weight is 388 g/mol. The molecule has 0 unspecified atom stereocenters. The Bertz CT molecular complexity index is 1060. The number of nitrogens with one attached hydrogen (secondary N) is 1. The third kappa shape index (κ3) is 3.27. The highest BCUT2D eigenvalue weighted by molar-refractivity contribution is 7.92. The molecule has 0 radical (unpaired) electrons. The van der Waals surface area contributed by atoms with Gasteiger partial charge in [-0.05, 0) is 19.1 Å². The standard InChI is InChI=1S/C14H12ClF2N5O2S/c1-8-11(15)13-19-6-9(7-22(13)20-8)25(23,24)21-12-10(14(2,16)17)4-3-5-18-12/h3-7H,1-2H3,(H,18,21). The fourth-order valence-electron chi connectivity index (χ4n) is 2.17. The molecule has 7 nitrogen and oxygen atoms in total. The summed E-state index contributed by atoms with van der Waals surface area (Å²) >= 11 is 6.00. The molecular formula is C14H12ClF2N5O2S. The van der Waals surface area contributed by atoms with Gasteiger partial charge in [-0.25, -0.2) is 31.7 Å². The van der Waals surface area contributed by atoms with Crippen LogP contribution in [0, 0.1) is 6.92 Å². The number of hydrogen-bond acceptors (Lipinski definition) is 5. The number of nitrogens with zero attached hydrogens (tertiary/aromatic N) is 4. The zero-order valence-corrected chi connectivity index (χ0v) is 14.6. The predicted molar refractivity (Wildman–Crippen MR) is 87.3 cm³/mol. The number of aryl methyl sites for hydroxylation is 1. The van der Waals surface area contributed by atoms with E-state index in [4.69, 9.17) is 11.6 Å². The summed E-state index contributed by atoms with van der Waals surface area (Å²) in [5.41, 5.74) is 0.233.